The van der Waals surface area contributed by atoms with Crippen LogP contribution >= 0.6 is 0 Å². The van der Waals surface area contributed by atoms with Crippen LogP contribution in [0.25, 0.3) is 0 Å². The fraction of sp³-hybridized carbons (Fsp3) is 0.667. The Balaban J connectivity index is 2.02. The van der Waals surface area contributed by atoms with Gasteiger partial charge in [-0.15, -0.1) is 0 Å². The smallest absolute Gasteiger partial charge is 0.408 e. The third kappa shape index (κ3) is 9.16. The van der Waals surface area contributed by atoms with Crippen LogP contribution in [0, 0.1) is 0 Å². The molecule has 1 fully saturated rings. The van der Waals surface area contributed by atoms with Crippen molar-refractivity contribution in [2.75, 3.05) is 0 Å². The van der Waals surface area contributed by atoms with Crippen molar-refractivity contribution in [2.45, 2.75) is 103 Å². The van der Waals surface area contributed by atoms with Crippen molar-refractivity contribution in [1.82, 2.24) is 10.6 Å². The van der Waals surface area contributed by atoms with Crippen LogP contribution in [0.1, 0.15) is 78.2 Å². The molecule has 168 valence electrons. The van der Waals surface area contributed by atoms with E-state index in [0.717, 1.165) is 31.2 Å². The van der Waals surface area contributed by atoms with Gasteiger partial charge in [-0.1, -0.05) is 62.4 Å². The minimum atomic E-state index is -0.825. The van der Waals surface area contributed by atoms with E-state index in [1.165, 1.54) is 19.3 Å². The molecule has 0 bridgehead atoms. The zero-order chi connectivity index (χ0) is 22.0. The molecule has 0 heterocycles. The summed E-state index contributed by atoms with van der Waals surface area (Å²) in [5.74, 6) is -0.216. The van der Waals surface area contributed by atoms with Crippen LogP contribution in [0.5, 0.6) is 0 Å². The van der Waals surface area contributed by atoms with E-state index in [0.29, 0.717) is 6.61 Å². The van der Waals surface area contributed by atoms with Gasteiger partial charge in [0.05, 0.1) is 12.7 Å². The molecule has 2 atom stereocenters. The predicted octanol–water partition coefficient (Wildman–Crippen LogP) is 4.71. The first-order valence-electron chi connectivity index (χ1n) is 11.2. The number of hydrogen-bond donors (Lipinski definition) is 2. The maximum Gasteiger partial charge on any atom is 0.408 e. The molecule has 0 aliphatic heterocycles. The normalized spacial score (nSPS) is 17.9. The van der Waals surface area contributed by atoms with Crippen LogP contribution in [0.4, 0.5) is 4.79 Å². The fourth-order valence-electron chi connectivity index (χ4n) is 3.62. The monoisotopic (exact) mass is 418 g/mol. The van der Waals surface area contributed by atoms with Crippen molar-refractivity contribution < 1.29 is 19.1 Å². The Morgan fingerprint density at radius 2 is 1.63 bits per heavy atom. The number of benzene rings is 1. The Labute approximate surface area is 181 Å². The number of nitrogens with one attached hydrogen (secondary N) is 2. The lowest BCUT2D eigenvalue weighted by Gasteiger charge is -2.29. The molecule has 6 heteroatoms. The van der Waals surface area contributed by atoms with Crippen LogP contribution in [-0.2, 0) is 20.9 Å². The summed E-state index contributed by atoms with van der Waals surface area (Å²) >= 11 is 0. The van der Waals surface area contributed by atoms with Crippen LogP contribution in [0.15, 0.2) is 30.3 Å². The van der Waals surface area contributed by atoms with Gasteiger partial charge < -0.3 is 20.1 Å². The van der Waals surface area contributed by atoms with Crippen molar-refractivity contribution in [3.8, 4) is 0 Å². The van der Waals surface area contributed by atoms with Gasteiger partial charge in [0.2, 0.25) is 5.91 Å². The lowest BCUT2D eigenvalue weighted by Crippen LogP contribution is -2.55. The van der Waals surface area contributed by atoms with Gasteiger partial charge in [0, 0.05) is 6.04 Å². The zero-order valence-corrected chi connectivity index (χ0v) is 18.9. The summed E-state index contributed by atoms with van der Waals surface area (Å²) in [7, 11) is 0. The van der Waals surface area contributed by atoms with Crippen LogP contribution < -0.4 is 10.6 Å². The summed E-state index contributed by atoms with van der Waals surface area (Å²) in [4.78, 5) is 25.5. The molecular formula is C24H38N2O4. The summed E-state index contributed by atoms with van der Waals surface area (Å²) in [6.45, 7) is 7.57. The summed E-state index contributed by atoms with van der Waals surface area (Å²) in [6.07, 6.45) is 6.76. The van der Waals surface area contributed by atoms with Gasteiger partial charge in [-0.05, 0) is 46.1 Å². The van der Waals surface area contributed by atoms with Crippen molar-refractivity contribution >= 4 is 12.0 Å². The third-order valence-corrected chi connectivity index (χ3v) is 5.23. The highest BCUT2D eigenvalue weighted by Crippen LogP contribution is 2.18. The number of ether oxygens (including phenoxy) is 2. The highest BCUT2D eigenvalue weighted by molar-refractivity contribution is 5.86. The number of rotatable bonds is 7. The SMILES string of the molecule is CC(OCc1ccccc1)C(NC(=O)OC(C)(C)C)C(=O)NC1CCCCCCC1. The second-order valence-corrected chi connectivity index (χ2v) is 9.18. The molecule has 1 aliphatic carbocycles. The highest BCUT2D eigenvalue weighted by atomic mass is 16.6. The molecule has 30 heavy (non-hydrogen) atoms. The zero-order valence-electron chi connectivity index (χ0n) is 18.9. The van der Waals surface area contributed by atoms with E-state index in [4.69, 9.17) is 9.47 Å². The van der Waals surface area contributed by atoms with E-state index < -0.39 is 23.8 Å². The molecule has 1 aromatic rings. The van der Waals surface area contributed by atoms with Crippen molar-refractivity contribution in [1.29, 1.82) is 0 Å². The first-order chi connectivity index (χ1) is 14.2. The Hall–Kier alpha value is -2.08. The van der Waals surface area contributed by atoms with Gasteiger partial charge in [-0.2, -0.15) is 0 Å². The van der Waals surface area contributed by atoms with E-state index in [1.807, 2.05) is 37.3 Å². The van der Waals surface area contributed by atoms with Gasteiger partial charge in [0.25, 0.3) is 0 Å². The van der Waals surface area contributed by atoms with E-state index >= 15 is 0 Å². The number of hydrogen-bond acceptors (Lipinski definition) is 4. The van der Waals surface area contributed by atoms with Crippen molar-refractivity contribution in [3.05, 3.63) is 35.9 Å². The van der Waals surface area contributed by atoms with Gasteiger partial charge >= 0.3 is 6.09 Å². The topological polar surface area (TPSA) is 76.7 Å². The average molecular weight is 419 g/mol. The second kappa shape index (κ2) is 11.9. The molecule has 0 spiro atoms. The maximum atomic E-state index is 13.1. The number of alkyl carbamates (subject to hydrolysis) is 1. The number of carbonyl (C=O) groups is 2. The molecule has 0 aromatic heterocycles. The number of carbonyl (C=O) groups excluding carboxylic acids is 2. The van der Waals surface area contributed by atoms with Gasteiger partial charge in [0.15, 0.2) is 0 Å². The van der Waals surface area contributed by atoms with E-state index in [2.05, 4.69) is 10.6 Å². The highest BCUT2D eigenvalue weighted by Gasteiger charge is 2.31. The first kappa shape index (κ1) is 24.2. The van der Waals surface area contributed by atoms with Crippen LogP contribution in [0.2, 0.25) is 0 Å². The largest absolute Gasteiger partial charge is 0.444 e. The lowest BCUT2D eigenvalue weighted by molar-refractivity contribution is -0.128. The molecule has 1 aliphatic rings. The molecule has 6 nitrogen and oxygen atoms in total. The van der Waals surface area contributed by atoms with Crippen molar-refractivity contribution in [3.63, 3.8) is 0 Å². The fourth-order valence-corrected chi connectivity index (χ4v) is 3.62. The van der Waals surface area contributed by atoms with E-state index in [-0.39, 0.29) is 11.9 Å². The first-order valence-corrected chi connectivity index (χ1v) is 11.2. The van der Waals surface area contributed by atoms with Crippen LogP contribution in [0.3, 0.4) is 0 Å². The molecule has 1 saturated carbocycles. The molecule has 2 N–H and O–H groups in total. The van der Waals surface area contributed by atoms with Gasteiger partial charge in [0.1, 0.15) is 11.6 Å². The molecule has 2 rings (SSSR count). The minimum Gasteiger partial charge on any atom is -0.444 e. The van der Waals surface area contributed by atoms with Gasteiger partial charge in [-0.3, -0.25) is 4.79 Å². The Bertz CT molecular complexity index is 649. The molecular weight excluding hydrogens is 380 g/mol. The molecule has 2 amide bonds. The molecule has 1 aromatic carbocycles. The molecule has 0 radical (unpaired) electrons. The quantitative estimate of drug-likeness (QED) is 0.672. The van der Waals surface area contributed by atoms with Gasteiger partial charge in [-0.25, -0.2) is 4.79 Å². The minimum absolute atomic E-state index is 0.141. The molecule has 2 unspecified atom stereocenters. The Kier molecular flexibility index (Phi) is 9.63. The van der Waals surface area contributed by atoms with E-state index in [1.54, 1.807) is 20.8 Å². The average Bonchev–Trinajstić information content (AvgIpc) is 2.65. The third-order valence-electron chi connectivity index (χ3n) is 5.23. The summed E-state index contributed by atoms with van der Waals surface area (Å²) in [6, 6.07) is 9.09. The van der Waals surface area contributed by atoms with Crippen LogP contribution in [-0.4, -0.2) is 35.8 Å². The molecule has 0 saturated heterocycles. The maximum absolute atomic E-state index is 13.1. The standard InChI is InChI=1S/C24H38N2O4/c1-18(29-17-19-13-9-8-10-14-19)21(26-23(28)30-24(2,3)4)22(27)25-20-15-11-6-5-7-12-16-20/h8-10,13-14,18,20-21H,5-7,11-12,15-17H2,1-4H3,(H,25,27)(H,26,28). The summed E-state index contributed by atoms with van der Waals surface area (Å²) in [5, 5.41) is 5.87. The number of amides is 2. The predicted molar refractivity (Wildman–Crippen MR) is 118 cm³/mol. The Morgan fingerprint density at radius 1 is 1.03 bits per heavy atom. The Morgan fingerprint density at radius 3 is 2.23 bits per heavy atom. The van der Waals surface area contributed by atoms with E-state index in [9.17, 15) is 9.59 Å². The summed E-state index contributed by atoms with van der Waals surface area (Å²) < 4.78 is 11.3. The van der Waals surface area contributed by atoms with Crippen molar-refractivity contribution in [2.24, 2.45) is 0 Å². The second-order valence-electron chi connectivity index (χ2n) is 9.18. The summed E-state index contributed by atoms with van der Waals surface area (Å²) in [5.41, 5.74) is 0.375. The lowest BCUT2D eigenvalue weighted by atomic mass is 9.96.